The zero-order chi connectivity index (χ0) is 25.9. The van der Waals surface area contributed by atoms with Gasteiger partial charge in [0.25, 0.3) is 0 Å². The molecule has 0 bridgehead atoms. The highest BCUT2D eigenvalue weighted by atomic mass is 32.1. The Labute approximate surface area is 223 Å². The number of likely N-dealkylation sites (N-methyl/N-ethyl adjacent to an activating group) is 1. The van der Waals surface area contributed by atoms with Gasteiger partial charge in [0.15, 0.2) is 0 Å². The molecule has 2 N–H and O–H groups in total. The number of aryl methyl sites for hydroxylation is 1. The van der Waals surface area contributed by atoms with E-state index >= 15 is 0 Å². The van der Waals surface area contributed by atoms with Crippen molar-refractivity contribution in [3.05, 3.63) is 52.3 Å². The lowest BCUT2D eigenvalue weighted by Crippen LogP contribution is -2.55. The van der Waals surface area contributed by atoms with Crippen LogP contribution in [0.3, 0.4) is 0 Å². The van der Waals surface area contributed by atoms with Gasteiger partial charge < -0.3 is 15.5 Å². The van der Waals surface area contributed by atoms with Crippen LogP contribution in [0.4, 0.5) is 0 Å². The summed E-state index contributed by atoms with van der Waals surface area (Å²) in [5.74, 6) is 0.148. The topological polar surface area (TPSA) is 74.3 Å². The molecule has 0 unspecified atom stereocenters. The first kappa shape index (κ1) is 25.9. The number of hydrogen-bond donors (Lipinski definition) is 2. The summed E-state index contributed by atoms with van der Waals surface area (Å²) in [6.45, 7) is 4.69. The molecule has 1 aliphatic heterocycles. The highest BCUT2D eigenvalue weighted by molar-refractivity contribution is 7.10. The second-order valence-corrected chi connectivity index (χ2v) is 11.5. The lowest BCUT2D eigenvalue weighted by molar-refractivity contribution is -0.139. The Morgan fingerprint density at radius 2 is 1.78 bits per heavy atom. The number of carbonyl (C=O) groups excluding carboxylic acids is 2. The number of carbonyl (C=O) groups is 2. The maximum absolute atomic E-state index is 14.0. The van der Waals surface area contributed by atoms with Crippen LogP contribution < -0.4 is 10.6 Å². The monoisotopic (exact) mass is 518 g/mol. The van der Waals surface area contributed by atoms with Crippen LogP contribution in [0.5, 0.6) is 0 Å². The van der Waals surface area contributed by atoms with Crippen molar-refractivity contribution in [3.63, 3.8) is 0 Å². The van der Waals surface area contributed by atoms with Crippen LogP contribution in [0.25, 0.3) is 22.0 Å². The quantitative estimate of drug-likeness (QED) is 0.426. The molecule has 1 aliphatic carbocycles. The molecule has 1 aromatic heterocycles. The molecule has 0 radical (unpaired) electrons. The Balaban J connectivity index is 1.41. The van der Waals surface area contributed by atoms with Gasteiger partial charge in [0.05, 0.1) is 17.8 Å². The molecule has 3 atom stereocenters. The smallest absolute Gasteiger partial charge is 0.246 e. The first-order valence-electron chi connectivity index (χ1n) is 13.7. The van der Waals surface area contributed by atoms with Gasteiger partial charge in [0.2, 0.25) is 11.8 Å². The fourth-order valence-corrected chi connectivity index (χ4v) is 6.94. The fourth-order valence-electron chi connectivity index (χ4n) is 5.98. The van der Waals surface area contributed by atoms with E-state index in [-0.39, 0.29) is 29.8 Å². The molecule has 2 aliphatic rings. The second kappa shape index (κ2) is 11.3. The van der Waals surface area contributed by atoms with E-state index in [1.165, 1.54) is 22.8 Å². The summed E-state index contributed by atoms with van der Waals surface area (Å²) in [5, 5.41) is 11.7. The summed E-state index contributed by atoms with van der Waals surface area (Å²) >= 11 is 1.64. The van der Waals surface area contributed by atoms with Gasteiger partial charge in [0, 0.05) is 17.5 Å². The second-order valence-electron chi connectivity index (χ2n) is 10.6. The standard InChI is InChI=1S/C30H38N4O2S/c1-19-10-7-14-23-22(19)13-8-15-24(23)25-18-37-29(32-25)26-16-9-17-34(26)30(36)27(21-11-5-4-6-12-21)33-28(35)20(2)31-3/h7-8,10,13-15,18,20-21,26-27,31H,4-6,9,11-12,16-17H2,1-3H3,(H,33,35)/t20-,26-,27-/m0/s1. The molecule has 1 saturated carbocycles. The molecule has 6 nitrogen and oxygen atoms in total. The minimum absolute atomic E-state index is 0.0346. The number of benzene rings is 2. The van der Waals surface area contributed by atoms with Gasteiger partial charge >= 0.3 is 0 Å². The highest BCUT2D eigenvalue weighted by Crippen LogP contribution is 2.39. The van der Waals surface area contributed by atoms with Gasteiger partial charge in [-0.05, 0) is 68.8 Å². The van der Waals surface area contributed by atoms with Crippen molar-refractivity contribution in [2.24, 2.45) is 5.92 Å². The molecule has 2 amide bonds. The number of aromatic nitrogens is 1. The largest absolute Gasteiger partial charge is 0.343 e. The predicted octanol–water partition coefficient (Wildman–Crippen LogP) is 5.61. The van der Waals surface area contributed by atoms with Crippen LogP contribution in [-0.4, -0.2) is 47.4 Å². The highest BCUT2D eigenvalue weighted by Gasteiger charge is 2.40. The molecule has 2 fully saturated rings. The Hall–Kier alpha value is -2.77. The van der Waals surface area contributed by atoms with Crippen LogP contribution in [0, 0.1) is 12.8 Å². The SMILES string of the molecule is CN[C@@H](C)C(=O)N[C@H](C(=O)N1CCC[C@H]1c1nc(-c2cccc3c(C)cccc23)cs1)C1CCCCC1. The van der Waals surface area contributed by atoms with Crippen LogP contribution in [-0.2, 0) is 9.59 Å². The lowest BCUT2D eigenvalue weighted by atomic mass is 9.83. The van der Waals surface area contributed by atoms with Crippen LogP contribution in [0.1, 0.15) is 68.5 Å². The molecular weight excluding hydrogens is 480 g/mol. The van der Waals surface area contributed by atoms with Gasteiger partial charge in [-0.15, -0.1) is 11.3 Å². The van der Waals surface area contributed by atoms with E-state index in [4.69, 9.17) is 4.98 Å². The molecule has 0 spiro atoms. The summed E-state index contributed by atoms with van der Waals surface area (Å²) in [6.07, 6.45) is 7.30. The molecule has 2 heterocycles. The fraction of sp³-hybridized carbons (Fsp3) is 0.500. The van der Waals surface area contributed by atoms with Crippen LogP contribution in [0.2, 0.25) is 0 Å². The van der Waals surface area contributed by atoms with Crippen molar-refractivity contribution >= 4 is 33.9 Å². The zero-order valence-corrected chi connectivity index (χ0v) is 22.9. The number of nitrogens with one attached hydrogen (secondary N) is 2. The third-order valence-electron chi connectivity index (χ3n) is 8.27. The summed E-state index contributed by atoms with van der Waals surface area (Å²) in [5.41, 5.74) is 3.36. The normalized spacial score (nSPS) is 20.2. The van der Waals surface area contributed by atoms with E-state index in [1.54, 1.807) is 18.4 Å². The van der Waals surface area contributed by atoms with E-state index in [0.29, 0.717) is 6.54 Å². The number of rotatable bonds is 7. The predicted molar refractivity (Wildman–Crippen MR) is 151 cm³/mol. The van der Waals surface area contributed by atoms with Crippen LogP contribution in [0.15, 0.2) is 41.8 Å². The molecule has 3 aromatic rings. The summed E-state index contributed by atoms with van der Waals surface area (Å²) in [6, 6.07) is 11.9. The number of likely N-dealkylation sites (tertiary alicyclic amines) is 1. The molecule has 5 rings (SSSR count). The number of amides is 2. The van der Waals surface area contributed by atoms with Crippen molar-refractivity contribution < 1.29 is 9.59 Å². The number of fused-ring (bicyclic) bond motifs is 1. The Bertz CT molecular complexity index is 1270. The third-order valence-corrected chi connectivity index (χ3v) is 9.22. The summed E-state index contributed by atoms with van der Waals surface area (Å²) in [4.78, 5) is 33.9. The number of nitrogens with zero attached hydrogens (tertiary/aromatic N) is 2. The summed E-state index contributed by atoms with van der Waals surface area (Å²) in [7, 11) is 1.77. The van der Waals surface area contributed by atoms with E-state index in [0.717, 1.165) is 54.8 Å². The average molecular weight is 519 g/mol. The average Bonchev–Trinajstić information content (AvgIpc) is 3.61. The van der Waals surface area contributed by atoms with E-state index in [1.807, 2.05) is 11.8 Å². The molecule has 2 aromatic carbocycles. The van der Waals surface area contributed by atoms with Crippen molar-refractivity contribution in [2.45, 2.75) is 76.9 Å². The van der Waals surface area contributed by atoms with E-state index in [2.05, 4.69) is 59.3 Å². The Morgan fingerprint density at radius 1 is 1.03 bits per heavy atom. The van der Waals surface area contributed by atoms with E-state index in [9.17, 15) is 9.59 Å². The molecule has 1 saturated heterocycles. The number of hydrogen-bond acceptors (Lipinski definition) is 5. The van der Waals surface area contributed by atoms with Gasteiger partial charge in [-0.3, -0.25) is 9.59 Å². The number of thiazole rings is 1. The molecular formula is C30H38N4O2S. The van der Waals surface area contributed by atoms with Crippen molar-refractivity contribution in [3.8, 4) is 11.3 Å². The lowest BCUT2D eigenvalue weighted by Gasteiger charge is -2.35. The maximum Gasteiger partial charge on any atom is 0.246 e. The van der Waals surface area contributed by atoms with Gasteiger partial charge in [-0.25, -0.2) is 4.98 Å². The van der Waals surface area contributed by atoms with Crippen molar-refractivity contribution in [2.75, 3.05) is 13.6 Å². The van der Waals surface area contributed by atoms with E-state index < -0.39 is 6.04 Å². The first-order chi connectivity index (χ1) is 18.0. The molecule has 196 valence electrons. The minimum Gasteiger partial charge on any atom is -0.343 e. The van der Waals surface area contributed by atoms with Gasteiger partial charge in [0.1, 0.15) is 11.0 Å². The minimum atomic E-state index is -0.468. The molecule has 7 heteroatoms. The Morgan fingerprint density at radius 3 is 2.57 bits per heavy atom. The maximum atomic E-state index is 14.0. The van der Waals surface area contributed by atoms with Gasteiger partial charge in [-0.2, -0.15) is 0 Å². The molecule has 37 heavy (non-hydrogen) atoms. The first-order valence-corrected chi connectivity index (χ1v) is 14.6. The van der Waals surface area contributed by atoms with Crippen molar-refractivity contribution in [1.29, 1.82) is 0 Å². The van der Waals surface area contributed by atoms with Crippen LogP contribution >= 0.6 is 11.3 Å². The summed E-state index contributed by atoms with van der Waals surface area (Å²) < 4.78 is 0. The van der Waals surface area contributed by atoms with Gasteiger partial charge in [-0.1, -0.05) is 55.7 Å². The zero-order valence-electron chi connectivity index (χ0n) is 22.1. The third kappa shape index (κ3) is 5.30. The Kier molecular flexibility index (Phi) is 7.91. The van der Waals surface area contributed by atoms with Crippen molar-refractivity contribution in [1.82, 2.24) is 20.5 Å².